The molecular formula is C17H19N3O. The number of hydrogen-bond donors (Lipinski definition) is 0. The van der Waals surface area contributed by atoms with Crippen molar-refractivity contribution in [2.24, 2.45) is 14.1 Å². The van der Waals surface area contributed by atoms with Crippen LogP contribution in [0.2, 0.25) is 0 Å². The van der Waals surface area contributed by atoms with Gasteiger partial charge in [-0.05, 0) is 17.5 Å². The van der Waals surface area contributed by atoms with Gasteiger partial charge in [-0.2, -0.15) is 0 Å². The van der Waals surface area contributed by atoms with Gasteiger partial charge in [0, 0.05) is 50.0 Å². The zero-order valence-electron chi connectivity index (χ0n) is 12.6. The SMILES string of the molecule is CC(CC(=O)c1nccn1C)c1cn(C)c2ccccc12. The Morgan fingerprint density at radius 2 is 2.00 bits per heavy atom. The third-order valence-corrected chi connectivity index (χ3v) is 4.02. The van der Waals surface area contributed by atoms with Gasteiger partial charge in [0.25, 0.3) is 0 Å². The van der Waals surface area contributed by atoms with E-state index in [0.717, 1.165) is 0 Å². The van der Waals surface area contributed by atoms with Crippen molar-refractivity contribution in [1.82, 2.24) is 14.1 Å². The van der Waals surface area contributed by atoms with Gasteiger partial charge >= 0.3 is 0 Å². The summed E-state index contributed by atoms with van der Waals surface area (Å²) in [4.78, 5) is 16.5. The summed E-state index contributed by atoms with van der Waals surface area (Å²) < 4.78 is 3.89. The molecule has 1 unspecified atom stereocenters. The Labute approximate surface area is 124 Å². The lowest BCUT2D eigenvalue weighted by Gasteiger charge is -2.09. The highest BCUT2D eigenvalue weighted by atomic mass is 16.1. The van der Waals surface area contributed by atoms with Crippen molar-refractivity contribution in [3.8, 4) is 0 Å². The Bertz CT molecular complexity index is 797. The summed E-state index contributed by atoms with van der Waals surface area (Å²) in [6.45, 7) is 2.10. The molecule has 0 fully saturated rings. The molecule has 4 heteroatoms. The molecule has 0 radical (unpaired) electrons. The number of nitrogens with zero attached hydrogens (tertiary/aromatic N) is 3. The Balaban J connectivity index is 1.89. The maximum Gasteiger partial charge on any atom is 0.198 e. The van der Waals surface area contributed by atoms with E-state index >= 15 is 0 Å². The molecule has 0 N–H and O–H groups in total. The quantitative estimate of drug-likeness (QED) is 0.688. The minimum Gasteiger partial charge on any atom is -0.350 e. The lowest BCUT2D eigenvalue weighted by atomic mass is 9.95. The summed E-state index contributed by atoms with van der Waals surface area (Å²) in [5.41, 5.74) is 2.42. The Morgan fingerprint density at radius 1 is 1.24 bits per heavy atom. The summed E-state index contributed by atoms with van der Waals surface area (Å²) in [6.07, 6.45) is 6.06. The molecule has 1 atom stereocenters. The van der Waals surface area contributed by atoms with E-state index in [1.807, 2.05) is 26.2 Å². The fourth-order valence-corrected chi connectivity index (χ4v) is 2.88. The van der Waals surface area contributed by atoms with Crippen LogP contribution < -0.4 is 0 Å². The molecule has 0 amide bonds. The van der Waals surface area contributed by atoms with Crippen LogP contribution in [-0.4, -0.2) is 19.9 Å². The summed E-state index contributed by atoms with van der Waals surface area (Å²) in [7, 11) is 3.89. The lowest BCUT2D eigenvalue weighted by molar-refractivity contribution is 0.0963. The number of benzene rings is 1. The van der Waals surface area contributed by atoms with E-state index in [1.165, 1.54) is 16.5 Å². The highest BCUT2D eigenvalue weighted by Crippen LogP contribution is 2.29. The number of Topliss-reactive ketones (excluding diaryl/α,β-unsaturated/α-hetero) is 1. The van der Waals surface area contributed by atoms with Gasteiger partial charge in [0.2, 0.25) is 0 Å². The van der Waals surface area contributed by atoms with Gasteiger partial charge in [-0.15, -0.1) is 0 Å². The van der Waals surface area contributed by atoms with E-state index < -0.39 is 0 Å². The van der Waals surface area contributed by atoms with Gasteiger partial charge < -0.3 is 9.13 Å². The minimum atomic E-state index is 0.0861. The molecular weight excluding hydrogens is 262 g/mol. The van der Waals surface area contributed by atoms with Gasteiger partial charge in [-0.25, -0.2) is 4.98 Å². The summed E-state index contributed by atoms with van der Waals surface area (Å²) in [5, 5.41) is 1.22. The topological polar surface area (TPSA) is 39.8 Å². The number of aryl methyl sites for hydroxylation is 2. The number of hydrogen-bond acceptors (Lipinski definition) is 2. The van der Waals surface area contributed by atoms with Crippen LogP contribution in [0.5, 0.6) is 0 Å². The van der Waals surface area contributed by atoms with E-state index in [-0.39, 0.29) is 11.7 Å². The Kier molecular flexibility index (Phi) is 3.37. The zero-order valence-corrected chi connectivity index (χ0v) is 12.6. The van der Waals surface area contributed by atoms with Crippen molar-refractivity contribution in [2.75, 3.05) is 0 Å². The van der Waals surface area contributed by atoms with Crippen LogP contribution >= 0.6 is 0 Å². The predicted molar refractivity (Wildman–Crippen MR) is 83.5 cm³/mol. The molecule has 108 valence electrons. The van der Waals surface area contributed by atoms with E-state index in [9.17, 15) is 4.79 Å². The number of rotatable bonds is 4. The van der Waals surface area contributed by atoms with Crippen LogP contribution in [-0.2, 0) is 14.1 Å². The van der Waals surface area contributed by atoms with Gasteiger partial charge in [0.15, 0.2) is 11.6 Å². The maximum absolute atomic E-state index is 12.4. The molecule has 0 spiro atoms. The molecule has 0 saturated carbocycles. The molecule has 21 heavy (non-hydrogen) atoms. The minimum absolute atomic E-state index is 0.0861. The summed E-state index contributed by atoms with van der Waals surface area (Å²) in [5.74, 6) is 0.783. The molecule has 1 aromatic carbocycles. The fourth-order valence-electron chi connectivity index (χ4n) is 2.88. The van der Waals surface area contributed by atoms with E-state index in [0.29, 0.717) is 12.2 Å². The lowest BCUT2D eigenvalue weighted by Crippen LogP contribution is -2.10. The number of imidazole rings is 1. The van der Waals surface area contributed by atoms with Crippen LogP contribution in [0.25, 0.3) is 10.9 Å². The number of para-hydroxylation sites is 1. The first-order valence-corrected chi connectivity index (χ1v) is 7.12. The second kappa shape index (κ2) is 5.20. The van der Waals surface area contributed by atoms with Crippen LogP contribution in [0.3, 0.4) is 0 Å². The highest BCUT2D eigenvalue weighted by Gasteiger charge is 2.19. The summed E-state index contributed by atoms with van der Waals surface area (Å²) >= 11 is 0. The number of carbonyl (C=O) groups is 1. The van der Waals surface area contributed by atoms with Gasteiger partial charge in [0.05, 0.1) is 0 Å². The van der Waals surface area contributed by atoms with E-state index in [1.54, 1.807) is 17.0 Å². The molecule has 4 nitrogen and oxygen atoms in total. The Hall–Kier alpha value is -2.36. The van der Waals surface area contributed by atoms with Crippen LogP contribution in [0.15, 0.2) is 42.9 Å². The van der Waals surface area contributed by atoms with Crippen molar-refractivity contribution in [1.29, 1.82) is 0 Å². The van der Waals surface area contributed by atoms with Crippen molar-refractivity contribution in [3.05, 3.63) is 54.2 Å². The molecule has 2 aromatic heterocycles. The normalized spacial score (nSPS) is 12.7. The standard InChI is InChI=1S/C17H19N3O/c1-12(10-16(21)17-18-8-9-19(17)2)14-11-20(3)15-7-5-4-6-13(14)15/h4-9,11-12H,10H2,1-3H3. The first kappa shape index (κ1) is 13.6. The van der Waals surface area contributed by atoms with Gasteiger partial charge in [-0.3, -0.25) is 4.79 Å². The third-order valence-electron chi connectivity index (χ3n) is 4.02. The molecule has 0 saturated heterocycles. The third kappa shape index (κ3) is 2.37. The van der Waals surface area contributed by atoms with Crippen LogP contribution in [0.1, 0.15) is 35.4 Å². The molecule has 0 aliphatic rings. The molecule has 0 aliphatic heterocycles. The molecule has 3 rings (SSSR count). The van der Waals surface area contributed by atoms with Crippen molar-refractivity contribution in [3.63, 3.8) is 0 Å². The van der Waals surface area contributed by atoms with Crippen LogP contribution in [0.4, 0.5) is 0 Å². The smallest absolute Gasteiger partial charge is 0.198 e. The maximum atomic E-state index is 12.4. The Morgan fingerprint density at radius 3 is 2.71 bits per heavy atom. The largest absolute Gasteiger partial charge is 0.350 e. The first-order valence-electron chi connectivity index (χ1n) is 7.12. The van der Waals surface area contributed by atoms with Gasteiger partial charge in [-0.1, -0.05) is 25.1 Å². The molecule has 0 bridgehead atoms. The number of fused-ring (bicyclic) bond motifs is 1. The predicted octanol–water partition coefficient (Wildman–Crippen LogP) is 3.29. The highest BCUT2D eigenvalue weighted by molar-refractivity contribution is 5.94. The zero-order chi connectivity index (χ0) is 15.0. The second-order valence-electron chi connectivity index (χ2n) is 5.60. The number of aromatic nitrogens is 3. The average molecular weight is 281 g/mol. The van der Waals surface area contributed by atoms with E-state index in [4.69, 9.17) is 0 Å². The summed E-state index contributed by atoms with van der Waals surface area (Å²) in [6, 6.07) is 8.30. The van der Waals surface area contributed by atoms with Crippen molar-refractivity contribution >= 4 is 16.7 Å². The van der Waals surface area contributed by atoms with Crippen molar-refractivity contribution in [2.45, 2.75) is 19.3 Å². The number of carbonyl (C=O) groups excluding carboxylic acids is 1. The van der Waals surface area contributed by atoms with Gasteiger partial charge in [0.1, 0.15) is 0 Å². The molecule has 2 heterocycles. The van der Waals surface area contributed by atoms with Crippen LogP contribution in [0, 0.1) is 0 Å². The molecule has 3 aromatic rings. The monoisotopic (exact) mass is 281 g/mol. The molecule has 0 aliphatic carbocycles. The average Bonchev–Trinajstić information content (AvgIpc) is 3.03. The van der Waals surface area contributed by atoms with Crippen molar-refractivity contribution < 1.29 is 4.79 Å². The second-order valence-corrected chi connectivity index (χ2v) is 5.60. The fraction of sp³-hybridized carbons (Fsp3) is 0.294. The van der Waals surface area contributed by atoms with E-state index in [2.05, 4.69) is 34.8 Å². The number of ketones is 1. The first-order chi connectivity index (χ1) is 10.1.